The summed E-state index contributed by atoms with van der Waals surface area (Å²) in [6.07, 6.45) is 0. The molecule has 0 heterocycles. The minimum atomic E-state index is -0.761. The highest BCUT2D eigenvalue weighted by molar-refractivity contribution is 7.97. The largest absolute Gasteiger partial charge is 0.480 e. The van der Waals surface area contributed by atoms with Crippen LogP contribution in [0.15, 0.2) is 142 Å². The van der Waals surface area contributed by atoms with E-state index in [1.165, 1.54) is 12.1 Å². The molecule has 0 aliphatic rings. The summed E-state index contributed by atoms with van der Waals surface area (Å²) >= 11 is 0. The maximum Gasteiger partial charge on any atom is 0.170 e. The summed E-state index contributed by atoms with van der Waals surface area (Å²) in [4.78, 5) is 2.38. The zero-order valence-electron chi connectivity index (χ0n) is 23.6. The van der Waals surface area contributed by atoms with Gasteiger partial charge in [-0.2, -0.15) is 0 Å². The van der Waals surface area contributed by atoms with Gasteiger partial charge in [0.15, 0.2) is 37.8 Å². The van der Waals surface area contributed by atoms with E-state index in [2.05, 4.69) is 0 Å². The summed E-state index contributed by atoms with van der Waals surface area (Å²) in [7, 11) is -0.761. The average molecular weight is 568 g/mol. The van der Waals surface area contributed by atoms with Gasteiger partial charge in [-0.15, -0.1) is 0 Å². The van der Waals surface area contributed by atoms with Gasteiger partial charge in [0.05, 0.1) is 10.9 Å². The monoisotopic (exact) mass is 567 g/mol. The highest BCUT2D eigenvalue weighted by Gasteiger charge is 2.33. The van der Waals surface area contributed by atoms with Crippen molar-refractivity contribution in [1.82, 2.24) is 0 Å². The van der Waals surface area contributed by atoms with Gasteiger partial charge < -0.3 is 9.47 Å². The molecular weight excluding hydrogens is 534 g/mol. The Kier molecular flexibility index (Phi) is 8.18. The summed E-state index contributed by atoms with van der Waals surface area (Å²) in [5.41, 5.74) is 0.440. The van der Waals surface area contributed by atoms with Gasteiger partial charge in [0.1, 0.15) is 11.2 Å². The molecule has 0 aliphatic heterocycles. The maximum absolute atomic E-state index is 15.6. The number of benzene rings is 5. The van der Waals surface area contributed by atoms with Crippen LogP contribution in [0.25, 0.3) is 0 Å². The molecule has 5 heteroatoms. The van der Waals surface area contributed by atoms with Crippen LogP contribution in [0.2, 0.25) is 0 Å². The highest BCUT2D eigenvalue weighted by Crippen LogP contribution is 2.38. The first-order valence-electron chi connectivity index (χ1n) is 13.5. The van der Waals surface area contributed by atoms with Gasteiger partial charge in [-0.05, 0) is 75.2 Å². The lowest BCUT2D eigenvalue weighted by Crippen LogP contribution is -2.25. The minimum absolute atomic E-state index is 0.164. The van der Waals surface area contributed by atoms with Gasteiger partial charge in [-0.3, -0.25) is 0 Å². The van der Waals surface area contributed by atoms with E-state index in [-0.39, 0.29) is 11.5 Å². The zero-order chi connectivity index (χ0) is 29.0. The van der Waals surface area contributed by atoms with Crippen LogP contribution in [0.3, 0.4) is 0 Å². The second-order valence-electron chi connectivity index (χ2n) is 10.8. The summed E-state index contributed by atoms with van der Waals surface area (Å²) < 4.78 is 43.4. The predicted molar refractivity (Wildman–Crippen MR) is 162 cm³/mol. The zero-order valence-corrected chi connectivity index (χ0v) is 24.4. The number of hydrogen-bond acceptors (Lipinski definition) is 2. The van der Waals surface area contributed by atoms with Crippen LogP contribution < -0.4 is 9.47 Å². The number of rotatable bonds is 9. The number of hydrogen-bond donors (Lipinski definition) is 0. The Bertz CT molecular complexity index is 1500. The number of halogens is 2. The normalized spacial score (nSPS) is 11.9. The highest BCUT2D eigenvalue weighted by atomic mass is 32.2. The Labute approximate surface area is 243 Å². The van der Waals surface area contributed by atoms with Crippen molar-refractivity contribution >= 4 is 10.9 Å². The Hall–Kier alpha value is -4.09. The average Bonchev–Trinajstić information content (AvgIpc) is 2.97. The van der Waals surface area contributed by atoms with Crippen molar-refractivity contribution < 1.29 is 18.3 Å². The van der Waals surface area contributed by atoms with Crippen LogP contribution >= 0.6 is 0 Å². The van der Waals surface area contributed by atoms with Crippen LogP contribution in [0.1, 0.15) is 38.8 Å². The van der Waals surface area contributed by atoms with Gasteiger partial charge in [-0.25, -0.2) is 8.78 Å². The predicted octanol–water partition coefficient (Wildman–Crippen LogP) is 9.69. The molecule has 5 aromatic rings. The lowest BCUT2D eigenvalue weighted by atomic mass is 9.98. The molecule has 0 bridgehead atoms. The Morgan fingerprint density at radius 1 is 0.463 bits per heavy atom. The first kappa shape index (κ1) is 28.4. The van der Waals surface area contributed by atoms with E-state index < -0.39 is 33.7 Å². The summed E-state index contributed by atoms with van der Waals surface area (Å²) in [6.45, 7) is 7.65. The van der Waals surface area contributed by atoms with Crippen molar-refractivity contribution in [2.45, 2.75) is 53.6 Å². The van der Waals surface area contributed by atoms with E-state index in [0.29, 0.717) is 0 Å². The van der Waals surface area contributed by atoms with Crippen molar-refractivity contribution in [3.63, 3.8) is 0 Å². The second kappa shape index (κ2) is 11.8. The van der Waals surface area contributed by atoms with E-state index in [9.17, 15) is 0 Å². The first-order chi connectivity index (χ1) is 19.6. The van der Waals surface area contributed by atoms with E-state index >= 15 is 8.78 Å². The Morgan fingerprint density at radius 3 is 1.20 bits per heavy atom. The SMILES string of the molecule is CC(C)(Oc1ccc([S+](c2ccccc2)c2ccc(OC(C)(C)c3ccccc3)c(F)c2)cc1F)c1ccccc1. The fraction of sp³-hybridized carbons (Fsp3) is 0.167. The summed E-state index contributed by atoms with van der Waals surface area (Å²) in [6, 6.07) is 39.2. The molecule has 0 aliphatic carbocycles. The molecule has 0 saturated heterocycles. The lowest BCUT2D eigenvalue weighted by Gasteiger charge is -2.27. The third kappa shape index (κ3) is 6.47. The summed E-state index contributed by atoms with van der Waals surface area (Å²) in [5.74, 6) is -0.607. The van der Waals surface area contributed by atoms with Crippen molar-refractivity contribution in [2.75, 3.05) is 0 Å². The van der Waals surface area contributed by atoms with Crippen LogP contribution in [0.4, 0.5) is 8.78 Å². The van der Waals surface area contributed by atoms with E-state index in [1.54, 1.807) is 12.1 Å². The van der Waals surface area contributed by atoms with Crippen LogP contribution in [-0.2, 0) is 22.1 Å². The topological polar surface area (TPSA) is 18.5 Å². The van der Waals surface area contributed by atoms with Crippen LogP contribution in [0, 0.1) is 11.6 Å². The quantitative estimate of drug-likeness (QED) is 0.165. The fourth-order valence-electron chi connectivity index (χ4n) is 4.69. The molecule has 0 fully saturated rings. The molecule has 0 radical (unpaired) electrons. The molecule has 2 nitrogen and oxygen atoms in total. The minimum Gasteiger partial charge on any atom is -0.480 e. The molecular formula is C36H33F2O2S+. The van der Waals surface area contributed by atoms with Crippen molar-refractivity contribution in [1.29, 1.82) is 0 Å². The molecule has 0 saturated carbocycles. The Balaban J connectivity index is 1.47. The molecule has 0 aromatic heterocycles. The van der Waals surface area contributed by atoms with Gasteiger partial charge in [-0.1, -0.05) is 78.9 Å². The molecule has 0 atom stereocenters. The third-order valence-corrected chi connectivity index (χ3v) is 9.12. The maximum atomic E-state index is 15.6. The molecule has 0 N–H and O–H groups in total. The van der Waals surface area contributed by atoms with Crippen molar-refractivity contribution in [3.8, 4) is 11.5 Å². The molecule has 0 spiro atoms. The van der Waals surface area contributed by atoms with Crippen LogP contribution in [0.5, 0.6) is 11.5 Å². The van der Waals surface area contributed by atoms with Crippen molar-refractivity contribution in [2.24, 2.45) is 0 Å². The van der Waals surface area contributed by atoms with E-state index in [4.69, 9.17) is 9.47 Å². The van der Waals surface area contributed by atoms with E-state index in [1.807, 2.05) is 131 Å². The van der Waals surface area contributed by atoms with E-state index in [0.717, 1.165) is 25.8 Å². The van der Waals surface area contributed by atoms with Gasteiger partial charge >= 0.3 is 0 Å². The van der Waals surface area contributed by atoms with Gasteiger partial charge in [0.25, 0.3) is 0 Å². The molecule has 41 heavy (non-hydrogen) atoms. The lowest BCUT2D eigenvalue weighted by molar-refractivity contribution is 0.102. The number of ether oxygens (including phenoxy) is 2. The van der Waals surface area contributed by atoms with Crippen LogP contribution in [-0.4, -0.2) is 0 Å². The smallest absolute Gasteiger partial charge is 0.170 e. The fourth-order valence-corrected chi connectivity index (χ4v) is 6.79. The molecule has 5 rings (SSSR count). The summed E-state index contributed by atoms with van der Waals surface area (Å²) in [5, 5.41) is 0. The molecule has 208 valence electrons. The Morgan fingerprint density at radius 2 is 0.829 bits per heavy atom. The third-order valence-electron chi connectivity index (χ3n) is 6.93. The molecule has 0 unspecified atom stereocenters. The molecule has 0 amide bonds. The van der Waals surface area contributed by atoms with Crippen molar-refractivity contribution in [3.05, 3.63) is 150 Å². The molecule has 5 aromatic carbocycles. The second-order valence-corrected chi connectivity index (χ2v) is 12.8. The van der Waals surface area contributed by atoms with Gasteiger partial charge in [0.2, 0.25) is 0 Å². The van der Waals surface area contributed by atoms with Gasteiger partial charge in [0, 0.05) is 12.1 Å². The first-order valence-corrected chi connectivity index (χ1v) is 14.7. The standard InChI is InChI=1S/C36H33F2O2S/c1-35(2,26-14-8-5-9-15-26)39-33-22-20-29(24-31(33)37)41(28-18-12-7-13-19-28)30-21-23-34(32(38)25-30)40-36(3,4)27-16-10-6-11-17-27/h5-25H,1-4H3/q+1.